The largest absolute Gasteiger partial charge is 0.405 e. The van der Waals surface area contributed by atoms with Crippen LogP contribution in [0.2, 0.25) is 0 Å². The van der Waals surface area contributed by atoms with Crippen LogP contribution in [0, 0.1) is 0 Å². The minimum atomic E-state index is -3.66. The molecule has 35 heavy (non-hydrogen) atoms. The number of unbranched alkanes of at least 4 members (excludes halogenated alkanes) is 21. The van der Waals surface area contributed by atoms with Crippen LogP contribution in [0.4, 0.5) is 0 Å². The van der Waals surface area contributed by atoms with E-state index >= 15 is 0 Å². The Bertz CT molecular complexity index is 435. The van der Waals surface area contributed by atoms with Gasteiger partial charge in [0.25, 0.3) is 0 Å². The van der Waals surface area contributed by atoms with Gasteiger partial charge >= 0.3 is 7.75 Å². The summed E-state index contributed by atoms with van der Waals surface area (Å²) in [6, 6.07) is 0. The molecule has 0 fully saturated rings. The van der Waals surface area contributed by atoms with E-state index in [1.54, 1.807) is 4.67 Å². The Morgan fingerprint density at radius 3 is 1.09 bits per heavy atom. The third-order valence-electron chi connectivity index (χ3n) is 7.15. The highest BCUT2D eigenvalue weighted by Crippen LogP contribution is 2.46. The van der Waals surface area contributed by atoms with Gasteiger partial charge in [0.1, 0.15) is 0 Å². The molecule has 0 aromatic rings. The molecule has 1 atom stereocenters. The molecule has 0 aliphatic carbocycles. The van der Waals surface area contributed by atoms with Crippen molar-refractivity contribution in [2.45, 2.75) is 175 Å². The highest BCUT2D eigenvalue weighted by molar-refractivity contribution is 7.50. The van der Waals surface area contributed by atoms with Crippen LogP contribution in [-0.4, -0.2) is 29.3 Å². The van der Waals surface area contributed by atoms with E-state index in [1.165, 1.54) is 116 Å². The zero-order chi connectivity index (χ0) is 25.9. The standard InChI is InChI=1S/C30H64NO3P/c1-4-7-10-12-14-16-18-20-22-24-26-28-31(35(32,33)34-30-9-6-3)29-27-25-23-21-19-17-15-13-11-8-5-2/h4-30H2,1-3H3,(H,32,33). The molecule has 1 unspecified atom stereocenters. The summed E-state index contributed by atoms with van der Waals surface area (Å²) < 4.78 is 20.1. The maximum Gasteiger partial charge on any atom is 0.405 e. The van der Waals surface area contributed by atoms with Gasteiger partial charge in [0.15, 0.2) is 0 Å². The van der Waals surface area contributed by atoms with Crippen molar-refractivity contribution < 1.29 is 14.0 Å². The van der Waals surface area contributed by atoms with Crippen LogP contribution in [0.25, 0.3) is 0 Å². The first-order valence-corrected chi connectivity index (χ1v) is 17.3. The van der Waals surface area contributed by atoms with E-state index in [1.807, 2.05) is 0 Å². The van der Waals surface area contributed by atoms with Gasteiger partial charge in [0, 0.05) is 13.1 Å². The van der Waals surface area contributed by atoms with Crippen LogP contribution >= 0.6 is 7.75 Å². The highest BCUT2D eigenvalue weighted by atomic mass is 31.2. The first-order chi connectivity index (χ1) is 17.1. The SMILES string of the molecule is CCCCCCCCCCCCCN(CCCCCCCCCCCCC)P(=O)(O)OCCCC. The molecule has 0 saturated carbocycles. The van der Waals surface area contributed by atoms with Crippen LogP contribution in [-0.2, 0) is 9.09 Å². The molecular formula is C30H64NO3P. The first kappa shape index (κ1) is 35.1. The van der Waals surface area contributed by atoms with Crippen molar-refractivity contribution >= 4 is 7.75 Å². The predicted molar refractivity (Wildman–Crippen MR) is 155 cm³/mol. The molecule has 0 bridgehead atoms. The molecule has 0 heterocycles. The lowest BCUT2D eigenvalue weighted by molar-refractivity contribution is 0.195. The van der Waals surface area contributed by atoms with Crippen molar-refractivity contribution in [3.8, 4) is 0 Å². The second-order valence-electron chi connectivity index (χ2n) is 10.7. The summed E-state index contributed by atoms with van der Waals surface area (Å²) in [6.07, 6.45) is 30.4. The number of rotatable bonds is 29. The van der Waals surface area contributed by atoms with Gasteiger partial charge in [-0.2, -0.15) is 0 Å². The summed E-state index contributed by atoms with van der Waals surface area (Å²) in [4.78, 5) is 10.6. The molecule has 5 heteroatoms. The van der Waals surface area contributed by atoms with Crippen molar-refractivity contribution in [2.75, 3.05) is 19.7 Å². The molecular weight excluding hydrogens is 453 g/mol. The van der Waals surface area contributed by atoms with E-state index in [2.05, 4.69) is 20.8 Å². The smallest absolute Gasteiger partial charge is 0.312 e. The lowest BCUT2D eigenvalue weighted by Crippen LogP contribution is -2.24. The molecule has 0 aliphatic rings. The Hall–Kier alpha value is 0.110. The fourth-order valence-electron chi connectivity index (χ4n) is 4.69. The van der Waals surface area contributed by atoms with Gasteiger partial charge < -0.3 is 4.89 Å². The third-order valence-corrected chi connectivity index (χ3v) is 8.79. The van der Waals surface area contributed by atoms with Crippen LogP contribution in [0.1, 0.15) is 175 Å². The van der Waals surface area contributed by atoms with Gasteiger partial charge in [-0.25, -0.2) is 9.24 Å². The van der Waals surface area contributed by atoms with E-state index in [9.17, 15) is 9.46 Å². The van der Waals surface area contributed by atoms with Crippen LogP contribution in [0.15, 0.2) is 0 Å². The molecule has 1 N–H and O–H groups in total. The lowest BCUT2D eigenvalue weighted by atomic mass is 10.1. The van der Waals surface area contributed by atoms with Crippen LogP contribution < -0.4 is 0 Å². The van der Waals surface area contributed by atoms with E-state index < -0.39 is 7.75 Å². The van der Waals surface area contributed by atoms with Gasteiger partial charge in [-0.3, -0.25) is 4.52 Å². The Kier molecular flexibility index (Phi) is 27.2. The van der Waals surface area contributed by atoms with Gasteiger partial charge in [0.05, 0.1) is 6.61 Å². The Balaban J connectivity index is 4.02. The van der Waals surface area contributed by atoms with Crippen LogP contribution in [0.3, 0.4) is 0 Å². The summed E-state index contributed by atoms with van der Waals surface area (Å²) >= 11 is 0. The van der Waals surface area contributed by atoms with E-state index in [4.69, 9.17) is 4.52 Å². The second kappa shape index (κ2) is 27.2. The van der Waals surface area contributed by atoms with Crippen molar-refractivity contribution in [1.29, 1.82) is 0 Å². The normalized spacial score (nSPS) is 13.5. The monoisotopic (exact) mass is 517 g/mol. The Morgan fingerprint density at radius 1 is 0.486 bits per heavy atom. The predicted octanol–water partition coefficient (Wildman–Crippen LogP) is 10.8. The Labute approximate surface area is 221 Å². The summed E-state index contributed by atoms with van der Waals surface area (Å²) in [5, 5.41) is 0. The lowest BCUT2D eigenvalue weighted by Gasteiger charge is -2.26. The third kappa shape index (κ3) is 24.2. The van der Waals surface area contributed by atoms with Gasteiger partial charge in [-0.15, -0.1) is 0 Å². The van der Waals surface area contributed by atoms with Gasteiger partial charge in [0.2, 0.25) is 0 Å². The molecule has 0 amide bonds. The summed E-state index contributed by atoms with van der Waals surface area (Å²) in [5.74, 6) is 0. The quantitative estimate of drug-likeness (QED) is 0.0791. The summed E-state index contributed by atoms with van der Waals surface area (Å²) in [6.45, 7) is 8.39. The zero-order valence-corrected chi connectivity index (χ0v) is 25.1. The fraction of sp³-hybridized carbons (Fsp3) is 1.00. The number of hydrogen-bond donors (Lipinski definition) is 1. The van der Waals surface area contributed by atoms with E-state index in [0.717, 1.165) is 38.5 Å². The zero-order valence-electron chi connectivity index (χ0n) is 24.3. The van der Waals surface area contributed by atoms with E-state index in [0.29, 0.717) is 19.7 Å². The molecule has 0 aliphatic heterocycles. The number of hydrogen-bond acceptors (Lipinski definition) is 2. The highest BCUT2D eigenvalue weighted by Gasteiger charge is 2.28. The topological polar surface area (TPSA) is 49.8 Å². The van der Waals surface area contributed by atoms with Crippen molar-refractivity contribution in [3.63, 3.8) is 0 Å². The van der Waals surface area contributed by atoms with Gasteiger partial charge in [-0.1, -0.05) is 156 Å². The Morgan fingerprint density at radius 2 is 0.771 bits per heavy atom. The average molecular weight is 518 g/mol. The molecule has 4 nitrogen and oxygen atoms in total. The van der Waals surface area contributed by atoms with E-state index in [-0.39, 0.29) is 0 Å². The number of nitrogens with zero attached hydrogens (tertiary/aromatic N) is 1. The van der Waals surface area contributed by atoms with Crippen molar-refractivity contribution in [2.24, 2.45) is 0 Å². The maximum absolute atomic E-state index is 12.9. The molecule has 0 rings (SSSR count). The minimum Gasteiger partial charge on any atom is -0.312 e. The molecule has 0 saturated heterocycles. The molecule has 212 valence electrons. The summed E-state index contributed by atoms with van der Waals surface area (Å²) in [5.41, 5.74) is 0. The molecule has 0 radical (unpaired) electrons. The molecule has 0 aromatic carbocycles. The maximum atomic E-state index is 12.9. The van der Waals surface area contributed by atoms with Gasteiger partial charge in [-0.05, 0) is 19.3 Å². The van der Waals surface area contributed by atoms with Crippen molar-refractivity contribution in [3.05, 3.63) is 0 Å². The molecule has 0 spiro atoms. The van der Waals surface area contributed by atoms with Crippen molar-refractivity contribution in [1.82, 2.24) is 4.67 Å². The average Bonchev–Trinajstić information content (AvgIpc) is 2.84. The second-order valence-corrected chi connectivity index (χ2v) is 12.5. The fourth-order valence-corrected chi connectivity index (χ4v) is 6.01. The minimum absolute atomic E-state index is 0.386. The van der Waals surface area contributed by atoms with Crippen LogP contribution in [0.5, 0.6) is 0 Å². The summed E-state index contributed by atoms with van der Waals surface area (Å²) in [7, 11) is -3.66. The first-order valence-electron chi connectivity index (χ1n) is 15.8. The molecule has 0 aromatic heterocycles.